The van der Waals surface area contributed by atoms with Crippen molar-refractivity contribution in [3.05, 3.63) is 35.4 Å². The number of nitrogens with zero attached hydrogens (tertiary/aromatic N) is 4. The van der Waals surface area contributed by atoms with E-state index in [-0.39, 0.29) is 0 Å². The third-order valence-corrected chi connectivity index (χ3v) is 3.52. The number of benzene rings is 1. The molecule has 0 bridgehead atoms. The highest BCUT2D eigenvalue weighted by atomic mass is 32.2. The van der Waals surface area contributed by atoms with Crippen molar-refractivity contribution in [3.63, 3.8) is 0 Å². The summed E-state index contributed by atoms with van der Waals surface area (Å²) in [6, 6.07) is 5.04. The van der Waals surface area contributed by atoms with Crippen LogP contribution < -0.4 is 5.73 Å². The summed E-state index contributed by atoms with van der Waals surface area (Å²) in [7, 11) is 0. The Morgan fingerprint density at radius 2 is 1.90 bits per heavy atom. The van der Waals surface area contributed by atoms with Crippen LogP contribution in [-0.4, -0.2) is 26.8 Å². The number of rotatable bonds is 5. The van der Waals surface area contributed by atoms with Crippen LogP contribution >= 0.6 is 11.8 Å². The van der Waals surface area contributed by atoms with Gasteiger partial charge in [-0.25, -0.2) is 4.68 Å². The first-order valence-electron chi connectivity index (χ1n) is 5.76. The molecule has 108 valence electrons. The number of hydrogen-bond donors (Lipinski definition) is 1. The molecule has 5 nitrogen and oxygen atoms in total. The van der Waals surface area contributed by atoms with E-state index in [1.54, 1.807) is 4.68 Å². The minimum Gasteiger partial charge on any atom is -0.329 e. The van der Waals surface area contributed by atoms with Crippen molar-refractivity contribution in [1.29, 1.82) is 0 Å². The van der Waals surface area contributed by atoms with Crippen molar-refractivity contribution in [2.45, 2.75) is 23.6 Å². The number of hydrogen-bond acceptors (Lipinski definition) is 5. The van der Waals surface area contributed by atoms with Crippen LogP contribution in [0, 0.1) is 0 Å². The summed E-state index contributed by atoms with van der Waals surface area (Å²) >= 11 is 1.35. The Bertz CT molecular complexity index is 552. The van der Waals surface area contributed by atoms with Gasteiger partial charge in [0.1, 0.15) is 0 Å². The summed E-state index contributed by atoms with van der Waals surface area (Å²) in [5.74, 6) is 0.489. The molecular formula is C11H12F3N5S. The molecule has 1 heterocycles. The summed E-state index contributed by atoms with van der Waals surface area (Å²) in [6.07, 6.45) is -4.31. The quantitative estimate of drug-likeness (QED) is 0.855. The van der Waals surface area contributed by atoms with Gasteiger partial charge in [-0.1, -0.05) is 23.9 Å². The number of aromatic nitrogens is 4. The van der Waals surface area contributed by atoms with Gasteiger partial charge in [0.2, 0.25) is 5.16 Å². The van der Waals surface area contributed by atoms with Gasteiger partial charge in [0.25, 0.3) is 0 Å². The first kappa shape index (κ1) is 14.8. The van der Waals surface area contributed by atoms with E-state index in [0.29, 0.717) is 24.0 Å². The third kappa shape index (κ3) is 3.70. The summed E-state index contributed by atoms with van der Waals surface area (Å²) in [5, 5.41) is 11.7. The van der Waals surface area contributed by atoms with Gasteiger partial charge < -0.3 is 5.73 Å². The van der Waals surface area contributed by atoms with E-state index in [4.69, 9.17) is 5.73 Å². The molecule has 20 heavy (non-hydrogen) atoms. The number of nitrogens with two attached hydrogens (primary N) is 1. The van der Waals surface area contributed by atoms with Crippen molar-refractivity contribution in [2.24, 2.45) is 5.73 Å². The molecule has 0 aliphatic heterocycles. The molecule has 0 saturated carbocycles. The smallest absolute Gasteiger partial charge is 0.329 e. The van der Waals surface area contributed by atoms with Crippen molar-refractivity contribution < 1.29 is 13.2 Å². The normalized spacial score (nSPS) is 11.8. The van der Waals surface area contributed by atoms with Gasteiger partial charge in [0.05, 0.1) is 12.1 Å². The lowest BCUT2D eigenvalue weighted by Gasteiger charge is -2.07. The summed E-state index contributed by atoms with van der Waals surface area (Å²) in [5.41, 5.74) is 5.54. The molecule has 1 aromatic heterocycles. The van der Waals surface area contributed by atoms with Gasteiger partial charge in [-0.2, -0.15) is 13.2 Å². The third-order valence-electron chi connectivity index (χ3n) is 2.49. The van der Waals surface area contributed by atoms with Crippen LogP contribution in [0.3, 0.4) is 0 Å². The van der Waals surface area contributed by atoms with Gasteiger partial charge in [-0.05, 0) is 28.1 Å². The molecule has 1 aromatic carbocycles. The number of thioether (sulfide) groups is 1. The van der Waals surface area contributed by atoms with Crippen LogP contribution in [0.2, 0.25) is 0 Å². The maximum absolute atomic E-state index is 12.4. The predicted octanol–water partition coefficient (Wildman–Crippen LogP) is 1.94. The Hall–Kier alpha value is -1.61. The van der Waals surface area contributed by atoms with Gasteiger partial charge in [0, 0.05) is 12.3 Å². The lowest BCUT2D eigenvalue weighted by atomic mass is 10.1. The molecule has 2 aromatic rings. The Morgan fingerprint density at radius 1 is 1.20 bits per heavy atom. The molecule has 0 saturated heterocycles. The fourth-order valence-electron chi connectivity index (χ4n) is 1.50. The van der Waals surface area contributed by atoms with E-state index in [0.717, 1.165) is 17.7 Å². The lowest BCUT2D eigenvalue weighted by molar-refractivity contribution is -0.137. The van der Waals surface area contributed by atoms with Crippen LogP contribution in [0.1, 0.15) is 11.1 Å². The number of tetrazole rings is 1. The maximum Gasteiger partial charge on any atom is 0.416 e. The zero-order valence-electron chi connectivity index (χ0n) is 10.3. The van der Waals surface area contributed by atoms with Crippen molar-refractivity contribution in [3.8, 4) is 0 Å². The molecule has 0 fully saturated rings. The molecule has 0 aliphatic carbocycles. The summed E-state index contributed by atoms with van der Waals surface area (Å²) in [6.45, 7) is 0.918. The first-order valence-corrected chi connectivity index (χ1v) is 6.74. The molecule has 9 heteroatoms. The molecule has 0 radical (unpaired) electrons. The van der Waals surface area contributed by atoms with Crippen molar-refractivity contribution >= 4 is 11.8 Å². The maximum atomic E-state index is 12.4. The molecule has 0 unspecified atom stereocenters. The second-order valence-corrected chi connectivity index (χ2v) is 4.90. The highest BCUT2D eigenvalue weighted by molar-refractivity contribution is 7.98. The molecule has 0 atom stereocenters. The molecule has 2 rings (SSSR count). The second-order valence-electron chi connectivity index (χ2n) is 3.96. The minimum absolute atomic E-state index is 0.416. The molecular weight excluding hydrogens is 291 g/mol. The highest BCUT2D eigenvalue weighted by Gasteiger charge is 2.29. The molecule has 0 amide bonds. The predicted molar refractivity (Wildman–Crippen MR) is 67.9 cm³/mol. The SMILES string of the molecule is NCCn1nnnc1SCc1ccc(C(F)(F)F)cc1. The van der Waals surface area contributed by atoms with Crippen LogP contribution in [-0.2, 0) is 18.5 Å². The van der Waals surface area contributed by atoms with E-state index >= 15 is 0 Å². The Kier molecular flexibility index (Phi) is 4.61. The fourth-order valence-corrected chi connectivity index (χ4v) is 2.36. The van der Waals surface area contributed by atoms with E-state index < -0.39 is 11.7 Å². The van der Waals surface area contributed by atoms with Gasteiger partial charge in [0.15, 0.2) is 0 Å². The second kappa shape index (κ2) is 6.23. The Morgan fingerprint density at radius 3 is 2.50 bits per heavy atom. The average molecular weight is 303 g/mol. The molecule has 2 N–H and O–H groups in total. The zero-order valence-corrected chi connectivity index (χ0v) is 11.2. The molecule has 0 spiro atoms. The largest absolute Gasteiger partial charge is 0.416 e. The van der Waals surface area contributed by atoms with E-state index in [1.807, 2.05) is 0 Å². The monoisotopic (exact) mass is 303 g/mol. The van der Waals surface area contributed by atoms with E-state index in [2.05, 4.69) is 15.5 Å². The fraction of sp³-hybridized carbons (Fsp3) is 0.364. The topological polar surface area (TPSA) is 69.6 Å². The Labute approximate surface area is 117 Å². The highest BCUT2D eigenvalue weighted by Crippen LogP contribution is 2.30. The van der Waals surface area contributed by atoms with E-state index in [1.165, 1.54) is 23.9 Å². The summed E-state index contributed by atoms with van der Waals surface area (Å²) < 4.78 is 38.8. The van der Waals surface area contributed by atoms with Crippen molar-refractivity contribution in [1.82, 2.24) is 20.2 Å². The van der Waals surface area contributed by atoms with Crippen LogP contribution in [0.5, 0.6) is 0 Å². The zero-order chi connectivity index (χ0) is 14.6. The number of halogens is 3. The van der Waals surface area contributed by atoms with Gasteiger partial charge >= 0.3 is 6.18 Å². The first-order chi connectivity index (χ1) is 9.50. The Balaban J connectivity index is 1.99. The van der Waals surface area contributed by atoms with Crippen LogP contribution in [0.4, 0.5) is 13.2 Å². The van der Waals surface area contributed by atoms with Crippen LogP contribution in [0.25, 0.3) is 0 Å². The van der Waals surface area contributed by atoms with Gasteiger partial charge in [-0.3, -0.25) is 0 Å². The minimum atomic E-state index is -4.31. The van der Waals surface area contributed by atoms with Crippen molar-refractivity contribution in [2.75, 3.05) is 6.54 Å². The molecule has 0 aliphatic rings. The summed E-state index contributed by atoms with van der Waals surface area (Å²) in [4.78, 5) is 0. The van der Waals surface area contributed by atoms with Gasteiger partial charge in [-0.15, -0.1) is 5.10 Å². The number of alkyl halides is 3. The standard InChI is InChI=1S/C11H12F3N5S/c12-11(13,14)9-3-1-8(2-4-9)7-20-10-16-17-18-19(10)6-5-15/h1-4H,5-7,15H2. The van der Waals surface area contributed by atoms with E-state index in [9.17, 15) is 13.2 Å². The lowest BCUT2D eigenvalue weighted by Crippen LogP contribution is -2.12. The average Bonchev–Trinajstić information content (AvgIpc) is 2.84. The van der Waals surface area contributed by atoms with Crippen LogP contribution in [0.15, 0.2) is 29.4 Å².